The SMILES string of the molecule is CC(Cc1cccs1)C(C)C(=O)O. The molecular weight excluding hydrogens is 184 g/mol. The molecule has 3 heteroatoms. The first-order valence-electron chi connectivity index (χ1n) is 4.36. The summed E-state index contributed by atoms with van der Waals surface area (Å²) >= 11 is 1.69. The molecule has 0 amide bonds. The maximum absolute atomic E-state index is 10.7. The van der Waals surface area contributed by atoms with Crippen molar-refractivity contribution in [2.45, 2.75) is 20.3 Å². The van der Waals surface area contributed by atoms with Gasteiger partial charge in [-0.2, -0.15) is 0 Å². The lowest BCUT2D eigenvalue weighted by Crippen LogP contribution is -2.19. The van der Waals surface area contributed by atoms with E-state index in [0.717, 1.165) is 6.42 Å². The normalized spacial score (nSPS) is 15.2. The molecule has 1 rings (SSSR count). The molecule has 0 aliphatic carbocycles. The molecular formula is C10H14O2S. The third kappa shape index (κ3) is 2.84. The lowest BCUT2D eigenvalue weighted by molar-refractivity contribution is -0.142. The minimum absolute atomic E-state index is 0.205. The summed E-state index contributed by atoms with van der Waals surface area (Å²) in [5.74, 6) is -0.762. The fourth-order valence-electron chi connectivity index (χ4n) is 1.17. The molecule has 0 aromatic carbocycles. The fraction of sp³-hybridized carbons (Fsp3) is 0.500. The smallest absolute Gasteiger partial charge is 0.306 e. The Morgan fingerprint density at radius 3 is 2.77 bits per heavy atom. The summed E-state index contributed by atoms with van der Waals surface area (Å²) in [6.45, 7) is 3.75. The Balaban J connectivity index is 2.50. The molecule has 0 fully saturated rings. The van der Waals surface area contributed by atoms with Crippen LogP contribution >= 0.6 is 11.3 Å². The Labute approximate surface area is 82.2 Å². The van der Waals surface area contributed by atoms with Gasteiger partial charge >= 0.3 is 5.97 Å². The molecule has 1 heterocycles. The van der Waals surface area contributed by atoms with Crippen molar-refractivity contribution in [2.24, 2.45) is 11.8 Å². The topological polar surface area (TPSA) is 37.3 Å². The molecule has 0 radical (unpaired) electrons. The van der Waals surface area contributed by atoms with Gasteiger partial charge in [0.25, 0.3) is 0 Å². The lowest BCUT2D eigenvalue weighted by Gasteiger charge is -2.14. The maximum atomic E-state index is 10.7. The van der Waals surface area contributed by atoms with E-state index in [9.17, 15) is 4.79 Å². The van der Waals surface area contributed by atoms with Crippen LogP contribution in [0.2, 0.25) is 0 Å². The molecule has 1 aromatic heterocycles. The first-order valence-corrected chi connectivity index (χ1v) is 5.24. The number of aliphatic carboxylic acids is 1. The third-order valence-electron chi connectivity index (χ3n) is 2.35. The molecule has 0 aliphatic rings. The summed E-state index contributed by atoms with van der Waals surface area (Å²) in [6, 6.07) is 4.05. The molecule has 1 N–H and O–H groups in total. The monoisotopic (exact) mass is 198 g/mol. The summed E-state index contributed by atoms with van der Waals surface area (Å²) < 4.78 is 0. The number of carboxylic acid groups (broad SMARTS) is 1. The van der Waals surface area contributed by atoms with Crippen molar-refractivity contribution in [3.8, 4) is 0 Å². The highest BCUT2D eigenvalue weighted by atomic mass is 32.1. The van der Waals surface area contributed by atoms with E-state index in [1.807, 2.05) is 18.4 Å². The number of carbonyl (C=O) groups is 1. The zero-order valence-corrected chi connectivity index (χ0v) is 8.67. The van der Waals surface area contributed by atoms with Crippen LogP contribution in [0.3, 0.4) is 0 Å². The summed E-state index contributed by atoms with van der Waals surface area (Å²) in [4.78, 5) is 11.9. The number of hydrogen-bond acceptors (Lipinski definition) is 2. The zero-order valence-electron chi connectivity index (χ0n) is 7.86. The van der Waals surface area contributed by atoms with Crippen LogP contribution in [0.4, 0.5) is 0 Å². The van der Waals surface area contributed by atoms with E-state index in [1.54, 1.807) is 18.3 Å². The van der Waals surface area contributed by atoms with Gasteiger partial charge in [-0.3, -0.25) is 4.79 Å². The molecule has 2 unspecified atom stereocenters. The average molecular weight is 198 g/mol. The molecule has 0 saturated heterocycles. The number of thiophene rings is 1. The van der Waals surface area contributed by atoms with Crippen molar-refractivity contribution in [1.82, 2.24) is 0 Å². The largest absolute Gasteiger partial charge is 0.481 e. The highest BCUT2D eigenvalue weighted by Gasteiger charge is 2.19. The zero-order chi connectivity index (χ0) is 9.84. The first kappa shape index (κ1) is 10.3. The van der Waals surface area contributed by atoms with E-state index in [1.165, 1.54) is 4.88 Å². The van der Waals surface area contributed by atoms with Gasteiger partial charge in [0.2, 0.25) is 0 Å². The second kappa shape index (κ2) is 4.42. The molecule has 2 atom stereocenters. The molecule has 2 nitrogen and oxygen atoms in total. The molecule has 13 heavy (non-hydrogen) atoms. The van der Waals surface area contributed by atoms with E-state index < -0.39 is 5.97 Å². The van der Waals surface area contributed by atoms with E-state index in [0.29, 0.717) is 0 Å². The van der Waals surface area contributed by atoms with Crippen LogP contribution in [0.5, 0.6) is 0 Å². The summed E-state index contributed by atoms with van der Waals surface area (Å²) in [5, 5.41) is 10.8. The molecule has 0 bridgehead atoms. The van der Waals surface area contributed by atoms with Crippen LogP contribution in [0.15, 0.2) is 17.5 Å². The second-order valence-corrected chi connectivity index (χ2v) is 4.42. The van der Waals surface area contributed by atoms with Gasteiger partial charge in [0.05, 0.1) is 5.92 Å². The van der Waals surface area contributed by atoms with Crippen molar-refractivity contribution in [1.29, 1.82) is 0 Å². The standard InChI is InChI=1S/C10H14O2S/c1-7(8(2)10(11)12)6-9-4-3-5-13-9/h3-5,7-8H,6H2,1-2H3,(H,11,12). The Morgan fingerprint density at radius 1 is 1.62 bits per heavy atom. The lowest BCUT2D eigenvalue weighted by atomic mass is 9.92. The van der Waals surface area contributed by atoms with Crippen LogP contribution in [0, 0.1) is 11.8 Å². The Kier molecular flexibility index (Phi) is 3.48. The van der Waals surface area contributed by atoms with E-state index in [-0.39, 0.29) is 11.8 Å². The summed E-state index contributed by atoms with van der Waals surface area (Å²) in [5.41, 5.74) is 0. The summed E-state index contributed by atoms with van der Waals surface area (Å²) in [7, 11) is 0. The van der Waals surface area contributed by atoms with Crippen molar-refractivity contribution in [3.63, 3.8) is 0 Å². The van der Waals surface area contributed by atoms with Crippen molar-refractivity contribution in [3.05, 3.63) is 22.4 Å². The minimum atomic E-state index is -0.705. The van der Waals surface area contributed by atoms with Crippen LogP contribution in [0.25, 0.3) is 0 Å². The van der Waals surface area contributed by atoms with Gasteiger partial charge in [0.15, 0.2) is 0 Å². The first-order chi connectivity index (χ1) is 6.11. The van der Waals surface area contributed by atoms with Gasteiger partial charge in [-0.15, -0.1) is 11.3 Å². The van der Waals surface area contributed by atoms with Gasteiger partial charge < -0.3 is 5.11 Å². The minimum Gasteiger partial charge on any atom is -0.481 e. The molecule has 1 aromatic rings. The Hall–Kier alpha value is -0.830. The molecule has 0 spiro atoms. The van der Waals surface area contributed by atoms with Gasteiger partial charge in [0.1, 0.15) is 0 Å². The molecule has 0 saturated carbocycles. The number of hydrogen-bond donors (Lipinski definition) is 1. The highest BCUT2D eigenvalue weighted by Crippen LogP contribution is 2.20. The predicted molar refractivity (Wildman–Crippen MR) is 54.0 cm³/mol. The quantitative estimate of drug-likeness (QED) is 0.807. The maximum Gasteiger partial charge on any atom is 0.306 e. The van der Waals surface area contributed by atoms with Crippen molar-refractivity contribution in [2.75, 3.05) is 0 Å². The summed E-state index contributed by atoms with van der Waals surface area (Å²) in [6.07, 6.45) is 0.866. The Morgan fingerprint density at radius 2 is 2.31 bits per heavy atom. The predicted octanol–water partition coefficient (Wildman–Crippen LogP) is 2.65. The number of rotatable bonds is 4. The third-order valence-corrected chi connectivity index (χ3v) is 3.25. The van der Waals surface area contributed by atoms with Crippen molar-refractivity contribution < 1.29 is 9.90 Å². The van der Waals surface area contributed by atoms with Gasteiger partial charge in [-0.1, -0.05) is 19.9 Å². The van der Waals surface area contributed by atoms with Gasteiger partial charge in [-0.05, 0) is 23.8 Å². The van der Waals surface area contributed by atoms with Crippen LogP contribution in [-0.4, -0.2) is 11.1 Å². The second-order valence-electron chi connectivity index (χ2n) is 3.39. The van der Waals surface area contributed by atoms with Crippen molar-refractivity contribution >= 4 is 17.3 Å². The van der Waals surface area contributed by atoms with Gasteiger partial charge in [-0.25, -0.2) is 0 Å². The van der Waals surface area contributed by atoms with Gasteiger partial charge in [0, 0.05) is 4.88 Å². The fourth-order valence-corrected chi connectivity index (χ4v) is 2.01. The molecule has 0 aliphatic heterocycles. The van der Waals surface area contributed by atoms with E-state index >= 15 is 0 Å². The number of carboxylic acids is 1. The average Bonchev–Trinajstić information content (AvgIpc) is 2.55. The van der Waals surface area contributed by atoms with Crippen LogP contribution in [-0.2, 0) is 11.2 Å². The van der Waals surface area contributed by atoms with Crippen LogP contribution < -0.4 is 0 Å². The molecule has 72 valence electrons. The highest BCUT2D eigenvalue weighted by molar-refractivity contribution is 7.09. The van der Waals surface area contributed by atoms with E-state index in [4.69, 9.17) is 5.11 Å². The van der Waals surface area contributed by atoms with E-state index in [2.05, 4.69) is 6.07 Å². The Bertz CT molecular complexity index is 266. The van der Waals surface area contributed by atoms with Crippen LogP contribution in [0.1, 0.15) is 18.7 Å².